The van der Waals surface area contributed by atoms with E-state index in [1.165, 1.54) is 0 Å². The molecule has 4 rings (SSSR count). The average Bonchev–Trinajstić information content (AvgIpc) is 3.22. The van der Waals surface area contributed by atoms with Crippen molar-refractivity contribution in [2.24, 2.45) is 0 Å². The summed E-state index contributed by atoms with van der Waals surface area (Å²) in [6.07, 6.45) is 1.90. The molecule has 6 heteroatoms. The lowest BCUT2D eigenvalue weighted by Gasteiger charge is -2.15. The van der Waals surface area contributed by atoms with Crippen LogP contribution in [0.5, 0.6) is 23.0 Å². The molecular formula is C26H28N2O4. The van der Waals surface area contributed by atoms with Crippen LogP contribution in [-0.4, -0.2) is 37.5 Å². The number of aromatic nitrogens is 2. The zero-order chi connectivity index (χ0) is 22.3. The van der Waals surface area contributed by atoms with Crippen molar-refractivity contribution >= 4 is 11.0 Å². The fourth-order valence-corrected chi connectivity index (χ4v) is 3.81. The van der Waals surface area contributed by atoms with Crippen LogP contribution in [0, 0.1) is 0 Å². The minimum atomic E-state index is 0.569. The lowest BCUT2D eigenvalue weighted by molar-refractivity contribution is 0.303. The maximum Gasteiger partial charge on any atom is 0.203 e. The molecule has 0 unspecified atom stereocenters. The number of benzene rings is 3. The van der Waals surface area contributed by atoms with Crippen molar-refractivity contribution in [2.45, 2.75) is 19.4 Å². The molecule has 0 aliphatic heterocycles. The maximum atomic E-state index is 5.84. The van der Waals surface area contributed by atoms with Crippen molar-refractivity contribution in [3.63, 3.8) is 0 Å². The molecule has 0 atom stereocenters. The smallest absolute Gasteiger partial charge is 0.203 e. The largest absolute Gasteiger partial charge is 0.494 e. The highest BCUT2D eigenvalue weighted by molar-refractivity contribution is 5.81. The number of rotatable bonds is 10. The van der Waals surface area contributed by atoms with Gasteiger partial charge in [-0.05, 0) is 49.2 Å². The number of fused-ring (bicyclic) bond motifs is 1. The zero-order valence-corrected chi connectivity index (χ0v) is 18.7. The Morgan fingerprint density at radius 3 is 2.16 bits per heavy atom. The topological polar surface area (TPSA) is 54.7 Å². The van der Waals surface area contributed by atoms with Gasteiger partial charge >= 0.3 is 0 Å². The second-order valence-corrected chi connectivity index (χ2v) is 7.36. The highest BCUT2D eigenvalue weighted by Gasteiger charge is 2.18. The van der Waals surface area contributed by atoms with Crippen molar-refractivity contribution in [1.82, 2.24) is 9.55 Å². The number of aryl methyl sites for hydroxylation is 1. The molecule has 0 N–H and O–H groups in total. The Balaban J connectivity index is 1.59. The van der Waals surface area contributed by atoms with E-state index in [-0.39, 0.29) is 0 Å². The van der Waals surface area contributed by atoms with E-state index < -0.39 is 0 Å². The summed E-state index contributed by atoms with van der Waals surface area (Å²) in [6.45, 7) is 1.50. The lowest BCUT2D eigenvalue weighted by Crippen LogP contribution is -2.04. The number of para-hydroxylation sites is 3. The van der Waals surface area contributed by atoms with E-state index in [0.717, 1.165) is 47.6 Å². The number of nitrogens with zero attached hydrogens (tertiary/aromatic N) is 2. The van der Waals surface area contributed by atoms with E-state index in [1.807, 2.05) is 60.7 Å². The first-order valence-corrected chi connectivity index (χ1v) is 10.7. The van der Waals surface area contributed by atoms with Crippen LogP contribution < -0.4 is 18.9 Å². The molecule has 1 heterocycles. The quantitative estimate of drug-likeness (QED) is 0.306. The normalized spacial score (nSPS) is 10.8. The van der Waals surface area contributed by atoms with Crippen LogP contribution in [0.4, 0.5) is 0 Å². The van der Waals surface area contributed by atoms with Gasteiger partial charge in [0.05, 0.1) is 39.0 Å². The summed E-state index contributed by atoms with van der Waals surface area (Å²) in [4.78, 5) is 4.92. The number of unbranched alkanes of at least 4 members (excludes halogenated alkanes) is 1. The summed E-state index contributed by atoms with van der Waals surface area (Å²) in [5.74, 6) is 3.56. The van der Waals surface area contributed by atoms with Gasteiger partial charge in [0.25, 0.3) is 0 Å². The molecule has 0 saturated heterocycles. The summed E-state index contributed by atoms with van der Waals surface area (Å²) in [5, 5.41) is 0. The van der Waals surface area contributed by atoms with Gasteiger partial charge in [0.15, 0.2) is 11.5 Å². The second kappa shape index (κ2) is 10.1. The third-order valence-electron chi connectivity index (χ3n) is 5.37. The molecule has 3 aromatic carbocycles. The molecule has 0 fully saturated rings. The van der Waals surface area contributed by atoms with Crippen LogP contribution in [0.3, 0.4) is 0 Å². The lowest BCUT2D eigenvalue weighted by atomic mass is 10.1. The molecule has 6 nitrogen and oxygen atoms in total. The van der Waals surface area contributed by atoms with Gasteiger partial charge in [0, 0.05) is 12.1 Å². The average molecular weight is 433 g/mol. The molecule has 1 aromatic heterocycles. The van der Waals surface area contributed by atoms with Crippen LogP contribution in [-0.2, 0) is 6.54 Å². The van der Waals surface area contributed by atoms with E-state index in [0.29, 0.717) is 23.9 Å². The van der Waals surface area contributed by atoms with Crippen LogP contribution in [0.1, 0.15) is 12.8 Å². The predicted molar refractivity (Wildman–Crippen MR) is 126 cm³/mol. The van der Waals surface area contributed by atoms with Crippen molar-refractivity contribution in [3.8, 4) is 34.4 Å². The number of ether oxygens (including phenoxy) is 4. The fourth-order valence-electron chi connectivity index (χ4n) is 3.81. The van der Waals surface area contributed by atoms with Crippen LogP contribution in [0.25, 0.3) is 22.4 Å². The Morgan fingerprint density at radius 2 is 1.47 bits per heavy atom. The number of hydrogen-bond donors (Lipinski definition) is 0. The van der Waals surface area contributed by atoms with Crippen molar-refractivity contribution in [2.75, 3.05) is 27.9 Å². The molecule has 0 aliphatic carbocycles. The first-order chi connectivity index (χ1) is 15.7. The van der Waals surface area contributed by atoms with Crippen molar-refractivity contribution in [3.05, 3.63) is 66.7 Å². The van der Waals surface area contributed by atoms with Crippen molar-refractivity contribution < 1.29 is 18.9 Å². The molecule has 0 spiro atoms. The minimum absolute atomic E-state index is 0.569. The maximum absolute atomic E-state index is 5.84. The molecule has 32 heavy (non-hydrogen) atoms. The second-order valence-electron chi connectivity index (χ2n) is 7.36. The van der Waals surface area contributed by atoms with Gasteiger partial charge in [0.1, 0.15) is 11.6 Å². The number of methoxy groups -OCH3 is 3. The van der Waals surface area contributed by atoms with E-state index >= 15 is 0 Å². The van der Waals surface area contributed by atoms with Gasteiger partial charge in [-0.25, -0.2) is 4.98 Å². The molecular weight excluding hydrogens is 404 g/mol. The van der Waals surface area contributed by atoms with Gasteiger partial charge in [-0.15, -0.1) is 0 Å². The molecule has 0 bridgehead atoms. The summed E-state index contributed by atoms with van der Waals surface area (Å²) in [5.41, 5.74) is 2.97. The molecule has 0 amide bonds. The van der Waals surface area contributed by atoms with Crippen LogP contribution in [0.2, 0.25) is 0 Å². The Bertz CT molecular complexity index is 1150. The van der Waals surface area contributed by atoms with Gasteiger partial charge in [0.2, 0.25) is 5.75 Å². The Hall–Kier alpha value is -3.67. The van der Waals surface area contributed by atoms with E-state index in [9.17, 15) is 0 Å². The molecule has 166 valence electrons. The van der Waals surface area contributed by atoms with Crippen LogP contribution >= 0.6 is 0 Å². The molecule has 0 radical (unpaired) electrons. The predicted octanol–water partition coefficient (Wildman–Crippen LogP) is 5.59. The summed E-state index contributed by atoms with van der Waals surface area (Å²) in [7, 11) is 4.85. The Morgan fingerprint density at radius 1 is 0.781 bits per heavy atom. The first kappa shape index (κ1) is 21.6. The van der Waals surface area contributed by atoms with Gasteiger partial charge in [-0.1, -0.05) is 30.3 Å². The van der Waals surface area contributed by atoms with Gasteiger partial charge in [-0.3, -0.25) is 0 Å². The van der Waals surface area contributed by atoms with Crippen molar-refractivity contribution in [1.29, 1.82) is 0 Å². The van der Waals surface area contributed by atoms with Crippen LogP contribution in [0.15, 0.2) is 66.7 Å². The molecule has 0 aliphatic rings. The van der Waals surface area contributed by atoms with E-state index in [2.05, 4.69) is 10.6 Å². The highest BCUT2D eigenvalue weighted by Crippen LogP contribution is 2.41. The molecule has 0 saturated carbocycles. The monoisotopic (exact) mass is 432 g/mol. The summed E-state index contributed by atoms with van der Waals surface area (Å²) < 4.78 is 24.7. The summed E-state index contributed by atoms with van der Waals surface area (Å²) in [6, 6.07) is 22.0. The minimum Gasteiger partial charge on any atom is -0.494 e. The standard InChI is InChI=1S/C26H28N2O4/c1-29-23-17-19(18-24(30-2)25(23)31-3)26-27-21-13-7-8-14-22(21)28(26)15-9-10-16-32-20-11-5-4-6-12-20/h4-8,11-14,17-18H,9-10,15-16H2,1-3H3. The van der Waals surface area contributed by atoms with E-state index in [1.54, 1.807) is 21.3 Å². The summed E-state index contributed by atoms with van der Waals surface area (Å²) >= 11 is 0. The highest BCUT2D eigenvalue weighted by atomic mass is 16.5. The zero-order valence-electron chi connectivity index (χ0n) is 18.7. The molecule has 4 aromatic rings. The SMILES string of the molecule is COc1cc(-c2nc3ccccc3n2CCCCOc2ccccc2)cc(OC)c1OC. The Labute approximate surface area is 188 Å². The number of imidazole rings is 1. The third-order valence-corrected chi connectivity index (χ3v) is 5.37. The third kappa shape index (κ3) is 4.49. The fraction of sp³-hybridized carbons (Fsp3) is 0.269. The van der Waals surface area contributed by atoms with Gasteiger partial charge in [-0.2, -0.15) is 0 Å². The Kier molecular flexibility index (Phi) is 6.80. The van der Waals surface area contributed by atoms with E-state index in [4.69, 9.17) is 23.9 Å². The number of hydrogen-bond acceptors (Lipinski definition) is 5. The van der Waals surface area contributed by atoms with Gasteiger partial charge < -0.3 is 23.5 Å². The first-order valence-electron chi connectivity index (χ1n) is 10.7.